The summed E-state index contributed by atoms with van der Waals surface area (Å²) in [5, 5.41) is 0. The van der Waals surface area contributed by atoms with Crippen molar-refractivity contribution in [1.82, 2.24) is 9.80 Å². The third kappa shape index (κ3) is 40.3. The summed E-state index contributed by atoms with van der Waals surface area (Å²) in [6, 6.07) is -1.52. The molecule has 0 unspecified atom stereocenters. The van der Waals surface area contributed by atoms with Crippen LogP contribution in [0.1, 0.15) is 232 Å². The molecule has 0 saturated carbocycles. The highest BCUT2D eigenvalue weighted by molar-refractivity contribution is 5.83. The summed E-state index contributed by atoms with van der Waals surface area (Å²) in [4.78, 5) is 55.0. The van der Waals surface area contributed by atoms with Crippen LogP contribution in [0.5, 0.6) is 0 Å². The molecule has 2 atom stereocenters. The maximum Gasteiger partial charge on any atom is 0.307 e. The van der Waals surface area contributed by atoms with E-state index in [1.54, 1.807) is 9.80 Å². The first-order valence-electron chi connectivity index (χ1n) is 27.3. The Hall–Kier alpha value is -2.80. The van der Waals surface area contributed by atoms with Gasteiger partial charge in [0.05, 0.1) is 38.1 Å². The minimum absolute atomic E-state index is 0.0748. The van der Waals surface area contributed by atoms with E-state index in [2.05, 4.69) is 38.2 Å². The average molecular weight is 933 g/mol. The number of carbonyl (C=O) groups excluding carboxylic acids is 4. The smallest absolute Gasteiger partial charge is 0.307 e. The fourth-order valence-corrected chi connectivity index (χ4v) is 8.01. The van der Waals surface area contributed by atoms with Gasteiger partial charge in [0.15, 0.2) is 0 Å². The molecule has 0 heterocycles. The molecule has 0 bridgehead atoms. The second-order valence-corrected chi connectivity index (χ2v) is 18.5. The Balaban J connectivity index is 4.52. The van der Waals surface area contributed by atoms with E-state index in [-0.39, 0.29) is 62.8 Å². The molecule has 0 radical (unpaired) electrons. The van der Waals surface area contributed by atoms with Gasteiger partial charge in [0.25, 0.3) is 0 Å². The molecule has 0 aromatic heterocycles. The molecule has 2 amide bonds. The van der Waals surface area contributed by atoms with Crippen molar-refractivity contribution in [2.45, 2.75) is 244 Å². The predicted octanol–water partition coefficient (Wildman–Crippen LogP) is 10.7. The third-order valence-corrected chi connectivity index (χ3v) is 12.3. The molecule has 12 nitrogen and oxygen atoms in total. The number of unbranched alkanes of at least 4 members (excludes halogenated alkanes) is 25. The topological polar surface area (TPSA) is 197 Å². The summed E-state index contributed by atoms with van der Waals surface area (Å²) >= 11 is 0. The van der Waals surface area contributed by atoms with Crippen LogP contribution >= 0.6 is 0 Å². The number of hydrogen-bond acceptors (Lipinski definition) is 10. The SMILES string of the molecule is CCCCCCCCC=CCCCCCCCCOC(=O)CCN(CCCCN(CCC(=O)OCCCCCCCCC=CCCCCCCCC)C(=O)[C@@H](N)CCN)C(=O)[C@@H](N)CCN. The number of rotatable bonds is 49. The highest BCUT2D eigenvalue weighted by Gasteiger charge is 2.24. The molecule has 0 fully saturated rings. The van der Waals surface area contributed by atoms with E-state index in [0.29, 0.717) is 52.0 Å². The zero-order valence-electron chi connectivity index (χ0n) is 42.8. The molecule has 0 spiro atoms. The molecule has 0 aliphatic carbocycles. The van der Waals surface area contributed by atoms with Crippen molar-refractivity contribution in [3.05, 3.63) is 24.3 Å². The van der Waals surface area contributed by atoms with Crippen molar-refractivity contribution >= 4 is 23.8 Å². The number of hydrogen-bond donors (Lipinski definition) is 4. The van der Waals surface area contributed by atoms with E-state index in [4.69, 9.17) is 32.4 Å². The summed E-state index contributed by atoms with van der Waals surface area (Å²) in [7, 11) is 0. The summed E-state index contributed by atoms with van der Waals surface area (Å²) in [5.41, 5.74) is 23.7. The van der Waals surface area contributed by atoms with Gasteiger partial charge in [0, 0.05) is 26.2 Å². The Morgan fingerprint density at radius 3 is 1.00 bits per heavy atom. The molecule has 0 aromatic rings. The standard InChI is InChI=1S/C54H104N6O6/c1-3-5-7-9-11-13-15-17-19-21-23-25-27-29-31-35-47-65-51(61)39-45-59(53(63)49(57)37-41-55)43-33-34-44-60(54(64)50(58)38-42-56)46-40-52(62)66-48-36-32-30-28-26-24-22-20-18-16-14-12-10-8-6-4-2/h17-20,49-50H,3-16,21-48,55-58H2,1-2H3/t49-,50-/m0/s1. The number of esters is 2. The number of allylic oxidation sites excluding steroid dienone is 4. The van der Waals surface area contributed by atoms with E-state index < -0.39 is 12.1 Å². The van der Waals surface area contributed by atoms with Crippen molar-refractivity contribution in [1.29, 1.82) is 0 Å². The van der Waals surface area contributed by atoms with Gasteiger partial charge in [-0.2, -0.15) is 0 Å². The van der Waals surface area contributed by atoms with Gasteiger partial charge < -0.3 is 42.2 Å². The van der Waals surface area contributed by atoms with Crippen LogP contribution in [-0.2, 0) is 28.7 Å². The van der Waals surface area contributed by atoms with Gasteiger partial charge in [-0.1, -0.05) is 154 Å². The monoisotopic (exact) mass is 933 g/mol. The van der Waals surface area contributed by atoms with Gasteiger partial charge in [0.1, 0.15) is 0 Å². The minimum Gasteiger partial charge on any atom is -0.466 e. The van der Waals surface area contributed by atoms with Gasteiger partial charge >= 0.3 is 11.9 Å². The van der Waals surface area contributed by atoms with E-state index in [1.165, 1.54) is 128 Å². The van der Waals surface area contributed by atoms with Crippen LogP contribution in [0.4, 0.5) is 0 Å². The highest BCUT2D eigenvalue weighted by Crippen LogP contribution is 2.13. The normalized spacial score (nSPS) is 12.5. The summed E-state index contributed by atoms with van der Waals surface area (Å²) < 4.78 is 11.0. The first-order chi connectivity index (χ1) is 32.2. The molecule has 0 rings (SSSR count). The van der Waals surface area contributed by atoms with Gasteiger partial charge in [-0.25, -0.2) is 0 Å². The molecule has 0 saturated heterocycles. The molecule has 12 heteroatoms. The third-order valence-electron chi connectivity index (χ3n) is 12.3. The summed E-state index contributed by atoms with van der Waals surface area (Å²) in [6.07, 6.45) is 45.4. The quantitative estimate of drug-likeness (QED) is 0.0259. The van der Waals surface area contributed by atoms with Crippen molar-refractivity contribution < 1.29 is 28.7 Å². The second kappa shape index (κ2) is 48.6. The summed E-state index contributed by atoms with van der Waals surface area (Å²) in [5.74, 6) is -1.19. The van der Waals surface area contributed by atoms with Crippen molar-refractivity contribution in [3.8, 4) is 0 Å². The van der Waals surface area contributed by atoms with Crippen LogP contribution in [0, 0.1) is 0 Å². The fourth-order valence-electron chi connectivity index (χ4n) is 8.01. The zero-order chi connectivity index (χ0) is 48.6. The van der Waals surface area contributed by atoms with Gasteiger partial charge in [-0.3, -0.25) is 19.2 Å². The largest absolute Gasteiger partial charge is 0.466 e. The van der Waals surface area contributed by atoms with Crippen LogP contribution in [0.15, 0.2) is 24.3 Å². The fraction of sp³-hybridized carbons (Fsp3) is 0.852. The number of nitrogens with two attached hydrogens (primary N) is 4. The van der Waals surface area contributed by atoms with Crippen LogP contribution < -0.4 is 22.9 Å². The molecule has 0 aromatic carbocycles. The number of nitrogens with zero attached hydrogens (tertiary/aromatic N) is 2. The lowest BCUT2D eigenvalue weighted by Gasteiger charge is -2.27. The maximum atomic E-state index is 13.3. The Morgan fingerprint density at radius 2 is 0.697 bits per heavy atom. The predicted molar refractivity (Wildman–Crippen MR) is 276 cm³/mol. The summed E-state index contributed by atoms with van der Waals surface area (Å²) in [6.45, 7) is 6.92. The van der Waals surface area contributed by atoms with Gasteiger partial charge in [-0.15, -0.1) is 0 Å². The van der Waals surface area contributed by atoms with Crippen molar-refractivity contribution in [2.75, 3.05) is 52.5 Å². The molecule has 66 heavy (non-hydrogen) atoms. The lowest BCUT2D eigenvalue weighted by atomic mass is 10.1. The molecular formula is C54H104N6O6. The molecule has 0 aliphatic heterocycles. The zero-order valence-corrected chi connectivity index (χ0v) is 42.8. The minimum atomic E-state index is -0.762. The Kier molecular flexibility index (Phi) is 46.6. The Morgan fingerprint density at radius 1 is 0.409 bits per heavy atom. The molecule has 386 valence electrons. The lowest BCUT2D eigenvalue weighted by molar-refractivity contribution is -0.146. The van der Waals surface area contributed by atoms with Crippen LogP contribution in [-0.4, -0.2) is 98.1 Å². The number of ether oxygens (including phenoxy) is 2. The van der Waals surface area contributed by atoms with Crippen molar-refractivity contribution in [3.63, 3.8) is 0 Å². The maximum absolute atomic E-state index is 13.3. The van der Waals surface area contributed by atoms with E-state index in [1.807, 2.05) is 0 Å². The molecule has 0 aliphatic rings. The van der Waals surface area contributed by atoms with Crippen LogP contribution in [0.25, 0.3) is 0 Å². The van der Waals surface area contributed by atoms with Crippen molar-refractivity contribution in [2.24, 2.45) is 22.9 Å². The number of amides is 2. The Labute approximate surface area is 404 Å². The average Bonchev–Trinajstić information content (AvgIpc) is 3.31. The van der Waals surface area contributed by atoms with Crippen LogP contribution in [0.2, 0.25) is 0 Å². The van der Waals surface area contributed by atoms with Gasteiger partial charge in [0.2, 0.25) is 11.8 Å². The van der Waals surface area contributed by atoms with Gasteiger partial charge in [-0.05, 0) is 103 Å². The molecule has 8 N–H and O–H groups in total. The van der Waals surface area contributed by atoms with E-state index in [0.717, 1.165) is 51.4 Å². The number of carbonyl (C=O) groups is 4. The second-order valence-electron chi connectivity index (χ2n) is 18.5. The first kappa shape index (κ1) is 63.2. The highest BCUT2D eigenvalue weighted by atomic mass is 16.5. The van der Waals surface area contributed by atoms with Crippen LogP contribution in [0.3, 0.4) is 0 Å². The van der Waals surface area contributed by atoms with E-state index >= 15 is 0 Å². The first-order valence-corrected chi connectivity index (χ1v) is 27.3. The Bertz CT molecular complexity index is 1110. The lowest BCUT2D eigenvalue weighted by Crippen LogP contribution is -2.47. The molecular weight excluding hydrogens is 829 g/mol. The van der Waals surface area contributed by atoms with E-state index in [9.17, 15) is 19.2 Å².